The second kappa shape index (κ2) is 11.8. The second-order valence-corrected chi connectivity index (χ2v) is 10.7. The van der Waals surface area contributed by atoms with Gasteiger partial charge in [0.15, 0.2) is 5.78 Å². The van der Waals surface area contributed by atoms with Gasteiger partial charge < -0.3 is 15.2 Å². The molecular formula is C31H27F3N2O5S. The van der Waals surface area contributed by atoms with E-state index in [0.29, 0.717) is 16.5 Å². The Morgan fingerprint density at radius 3 is 2.31 bits per heavy atom. The first-order chi connectivity index (χ1) is 20.2. The minimum Gasteiger partial charge on any atom is -0.465 e. The van der Waals surface area contributed by atoms with E-state index in [1.165, 1.54) is 40.5 Å². The number of carbonyl (C=O) groups is 3. The number of halogens is 3. The van der Waals surface area contributed by atoms with E-state index in [0.717, 1.165) is 12.1 Å². The molecule has 42 heavy (non-hydrogen) atoms. The monoisotopic (exact) mass is 596 g/mol. The van der Waals surface area contributed by atoms with Gasteiger partial charge in [-0.1, -0.05) is 18.2 Å². The average Bonchev–Trinajstić information content (AvgIpc) is 3.49. The van der Waals surface area contributed by atoms with Gasteiger partial charge in [-0.05, 0) is 61.5 Å². The van der Waals surface area contributed by atoms with Gasteiger partial charge in [0.1, 0.15) is 29.2 Å². The van der Waals surface area contributed by atoms with Crippen molar-refractivity contribution in [3.8, 4) is 0 Å². The maximum Gasteiger partial charge on any atom is 0.338 e. The van der Waals surface area contributed by atoms with Crippen molar-refractivity contribution >= 4 is 34.7 Å². The third-order valence-electron chi connectivity index (χ3n) is 7.34. The molecule has 3 aromatic rings. The first kappa shape index (κ1) is 29.1. The summed E-state index contributed by atoms with van der Waals surface area (Å²) in [5, 5.41) is 1.80. The summed E-state index contributed by atoms with van der Waals surface area (Å²) in [6.45, 7) is 3.20. The summed E-state index contributed by atoms with van der Waals surface area (Å²) in [5.41, 5.74) is 6.80. The fourth-order valence-electron chi connectivity index (χ4n) is 5.64. The molecule has 0 bridgehead atoms. The smallest absolute Gasteiger partial charge is 0.338 e. The molecule has 2 N–H and O–H groups in total. The lowest BCUT2D eigenvalue weighted by atomic mass is 9.68. The molecule has 5 rings (SSSR count). The zero-order valence-corrected chi connectivity index (χ0v) is 23.6. The topological polar surface area (TPSA) is 98.9 Å². The Morgan fingerprint density at radius 1 is 1.00 bits per heavy atom. The van der Waals surface area contributed by atoms with E-state index < -0.39 is 52.9 Å². The zero-order chi connectivity index (χ0) is 30.1. The maximum absolute atomic E-state index is 15.4. The van der Waals surface area contributed by atoms with Gasteiger partial charge >= 0.3 is 11.9 Å². The third kappa shape index (κ3) is 5.09. The Hall–Kier alpha value is -4.38. The highest BCUT2D eigenvalue weighted by molar-refractivity contribution is 7.10. The van der Waals surface area contributed by atoms with Crippen LogP contribution >= 0.6 is 11.3 Å². The largest absolute Gasteiger partial charge is 0.465 e. The van der Waals surface area contributed by atoms with Crippen LogP contribution in [0.15, 0.2) is 82.6 Å². The van der Waals surface area contributed by atoms with E-state index in [1.807, 2.05) is 0 Å². The van der Waals surface area contributed by atoms with E-state index in [2.05, 4.69) is 0 Å². The molecule has 1 aromatic heterocycles. The molecule has 1 aliphatic heterocycles. The second-order valence-electron chi connectivity index (χ2n) is 9.72. The van der Waals surface area contributed by atoms with Gasteiger partial charge in [0.05, 0.1) is 30.4 Å². The molecule has 0 spiro atoms. The Balaban J connectivity index is 1.83. The molecule has 218 valence electrons. The number of esters is 2. The van der Waals surface area contributed by atoms with Crippen LogP contribution in [0.1, 0.15) is 42.5 Å². The number of thiophene rings is 1. The minimum atomic E-state index is -1.28. The molecule has 0 saturated carbocycles. The molecule has 2 heterocycles. The number of anilines is 1. The van der Waals surface area contributed by atoms with Crippen LogP contribution < -0.4 is 10.6 Å². The number of nitrogens with zero attached hydrogens (tertiary/aromatic N) is 1. The summed E-state index contributed by atoms with van der Waals surface area (Å²) in [6.07, 6.45) is 0.0242. The van der Waals surface area contributed by atoms with Gasteiger partial charge in [-0.15, -0.1) is 11.3 Å². The van der Waals surface area contributed by atoms with E-state index >= 15 is 4.39 Å². The fourth-order valence-corrected chi connectivity index (χ4v) is 6.50. The number of hydrogen-bond donors (Lipinski definition) is 1. The van der Waals surface area contributed by atoms with Crippen molar-refractivity contribution in [1.82, 2.24) is 0 Å². The average molecular weight is 597 g/mol. The molecule has 0 saturated heterocycles. The molecule has 0 radical (unpaired) electrons. The van der Waals surface area contributed by atoms with Gasteiger partial charge in [-0.2, -0.15) is 0 Å². The number of ether oxygens (including phenoxy) is 2. The van der Waals surface area contributed by atoms with Gasteiger partial charge in [-0.25, -0.2) is 18.0 Å². The van der Waals surface area contributed by atoms with Crippen LogP contribution in [-0.2, 0) is 23.9 Å². The summed E-state index contributed by atoms with van der Waals surface area (Å²) in [4.78, 5) is 43.3. The number of benzene rings is 2. The summed E-state index contributed by atoms with van der Waals surface area (Å²) in [5.74, 6) is -8.05. The van der Waals surface area contributed by atoms with Crippen molar-refractivity contribution < 1.29 is 37.0 Å². The van der Waals surface area contributed by atoms with Crippen molar-refractivity contribution in [1.29, 1.82) is 0 Å². The van der Waals surface area contributed by atoms with Crippen molar-refractivity contribution in [3.63, 3.8) is 0 Å². The lowest BCUT2D eigenvalue weighted by Crippen LogP contribution is -2.46. The Bertz CT molecular complexity index is 1600. The van der Waals surface area contributed by atoms with Crippen LogP contribution in [0.2, 0.25) is 0 Å². The van der Waals surface area contributed by atoms with Crippen LogP contribution in [0, 0.1) is 23.4 Å². The molecule has 0 unspecified atom stereocenters. The SMILES string of the molecule is CCOC(=O)C1=C(N)N(c2ccc(F)cc2F)C2=C(C(=O)[C@H](C(=O)OCC)[C@H](c3cccs3)C2)[C@H]1c1ccc(F)cc1. The predicted octanol–water partition coefficient (Wildman–Crippen LogP) is 5.69. The molecule has 3 atom stereocenters. The lowest BCUT2D eigenvalue weighted by molar-refractivity contribution is -0.152. The standard InChI is InChI=1S/C31H27F3N2O5S/c1-3-40-30(38)25-19(23-6-5-13-42-23)15-22-26(28(25)37)24(16-7-9-17(32)10-8-16)27(31(39)41-4-2)29(35)36(22)21-12-11-18(33)14-20(21)34/h5-14,19,24-25H,3-4,15,35H2,1-2H3/t19-,24+,25+/m0/s1. The van der Waals surface area contributed by atoms with Crippen LogP contribution in [0.3, 0.4) is 0 Å². The van der Waals surface area contributed by atoms with Crippen LogP contribution in [0.4, 0.5) is 18.9 Å². The predicted molar refractivity (Wildman–Crippen MR) is 150 cm³/mol. The quantitative estimate of drug-likeness (QED) is 0.276. The summed E-state index contributed by atoms with van der Waals surface area (Å²) in [7, 11) is 0. The van der Waals surface area contributed by atoms with E-state index in [-0.39, 0.29) is 48.0 Å². The normalized spacial score (nSPS) is 20.5. The number of hydrogen-bond acceptors (Lipinski definition) is 8. The molecule has 2 aliphatic rings. The van der Waals surface area contributed by atoms with E-state index in [1.54, 1.807) is 31.4 Å². The molecule has 2 aromatic carbocycles. The van der Waals surface area contributed by atoms with Crippen molar-refractivity contribution in [3.05, 3.63) is 111 Å². The van der Waals surface area contributed by atoms with Gasteiger partial charge in [0, 0.05) is 28.1 Å². The first-order valence-corrected chi connectivity index (χ1v) is 14.2. The van der Waals surface area contributed by atoms with Gasteiger partial charge in [-0.3, -0.25) is 14.5 Å². The summed E-state index contributed by atoms with van der Waals surface area (Å²) in [6, 6.07) is 11.6. The number of Topliss-reactive ketones (excluding diaryl/α,β-unsaturated/α-hetero) is 1. The number of carbonyl (C=O) groups excluding carboxylic acids is 3. The van der Waals surface area contributed by atoms with Crippen LogP contribution in [0.5, 0.6) is 0 Å². The number of ketones is 1. The maximum atomic E-state index is 15.4. The highest BCUT2D eigenvalue weighted by Crippen LogP contribution is 2.52. The molecule has 1 aliphatic carbocycles. The fraction of sp³-hybridized carbons (Fsp3) is 0.258. The number of nitrogens with two attached hydrogens (primary N) is 1. The molecule has 0 fully saturated rings. The Morgan fingerprint density at radius 2 is 1.69 bits per heavy atom. The Labute approximate surface area is 244 Å². The molecule has 0 amide bonds. The van der Waals surface area contributed by atoms with Crippen LogP contribution in [-0.4, -0.2) is 30.9 Å². The van der Waals surface area contributed by atoms with Gasteiger partial charge in [0.25, 0.3) is 0 Å². The highest BCUT2D eigenvalue weighted by Gasteiger charge is 2.51. The first-order valence-electron chi connectivity index (χ1n) is 13.3. The van der Waals surface area contributed by atoms with Crippen molar-refractivity contribution in [2.75, 3.05) is 18.1 Å². The highest BCUT2D eigenvalue weighted by atomic mass is 32.1. The van der Waals surface area contributed by atoms with Gasteiger partial charge in [0.2, 0.25) is 0 Å². The summed E-state index contributed by atoms with van der Waals surface area (Å²) >= 11 is 1.34. The Kier molecular flexibility index (Phi) is 8.22. The number of allylic oxidation sites excluding steroid dienone is 2. The lowest BCUT2D eigenvalue weighted by Gasteiger charge is -2.43. The molecule has 7 nitrogen and oxygen atoms in total. The number of rotatable bonds is 7. The van der Waals surface area contributed by atoms with Crippen LogP contribution in [0.25, 0.3) is 0 Å². The minimum absolute atomic E-state index is 0.00607. The summed E-state index contributed by atoms with van der Waals surface area (Å²) < 4.78 is 54.0. The molecular weight excluding hydrogens is 569 g/mol. The van der Waals surface area contributed by atoms with E-state index in [9.17, 15) is 23.2 Å². The van der Waals surface area contributed by atoms with Crippen molar-refractivity contribution in [2.24, 2.45) is 11.7 Å². The van der Waals surface area contributed by atoms with Crippen molar-refractivity contribution in [2.45, 2.75) is 32.1 Å². The van der Waals surface area contributed by atoms with E-state index in [4.69, 9.17) is 15.2 Å². The zero-order valence-electron chi connectivity index (χ0n) is 22.7. The molecule has 11 heteroatoms. The third-order valence-corrected chi connectivity index (χ3v) is 8.34.